The smallest absolute Gasteiger partial charge is 0.327 e. The second-order valence-corrected chi connectivity index (χ2v) is 8.82. The summed E-state index contributed by atoms with van der Waals surface area (Å²) < 4.78 is 11.4. The molecular formula is C25H31N3O5. The Labute approximate surface area is 194 Å². The third kappa shape index (κ3) is 5.45. The summed E-state index contributed by atoms with van der Waals surface area (Å²) in [5, 5.41) is 0. The molecule has 2 saturated heterocycles. The zero-order chi connectivity index (χ0) is 23.1. The fourth-order valence-electron chi connectivity index (χ4n) is 4.59. The highest BCUT2D eigenvalue weighted by Crippen LogP contribution is 2.33. The van der Waals surface area contributed by atoms with Gasteiger partial charge in [-0.15, -0.1) is 0 Å². The van der Waals surface area contributed by atoms with Crippen LogP contribution in [0.3, 0.4) is 0 Å². The number of nitrogens with one attached hydrogen (secondary N) is 2. The quantitative estimate of drug-likeness (QED) is 0.525. The van der Waals surface area contributed by atoms with Gasteiger partial charge in [0.2, 0.25) is 0 Å². The Bertz CT molecular complexity index is 921. The van der Waals surface area contributed by atoms with Crippen LogP contribution < -0.4 is 10.9 Å². The lowest BCUT2D eigenvalue weighted by Gasteiger charge is -2.32. The molecule has 2 atom stereocenters. The number of hydrogen-bond acceptors (Lipinski definition) is 5. The maximum absolute atomic E-state index is 13.0. The summed E-state index contributed by atoms with van der Waals surface area (Å²) in [6.45, 7) is 2.17. The molecule has 0 saturated carbocycles. The first-order valence-corrected chi connectivity index (χ1v) is 11.6. The summed E-state index contributed by atoms with van der Waals surface area (Å²) in [6, 6.07) is 9.35. The molecule has 2 N–H and O–H groups in total. The van der Waals surface area contributed by atoms with Gasteiger partial charge in [0.15, 0.2) is 0 Å². The van der Waals surface area contributed by atoms with E-state index in [1.807, 2.05) is 36.4 Å². The Kier molecular flexibility index (Phi) is 7.44. The standard InChI is InChI=1S/C25H31N3O5/c29-22(26-27-24(31)25(13-15-32-18-25)20-9-3-1-4-10-20)23(30)28-14-7-8-19(16-28)17-33-21-11-5-2-6-12-21/h1,3-5,9-12,19H,2,6-8,13-18H2,(H,26,29)(H,27,31). The largest absolute Gasteiger partial charge is 0.494 e. The number of ether oxygens (including phenoxy) is 2. The predicted molar refractivity (Wildman–Crippen MR) is 122 cm³/mol. The van der Waals surface area contributed by atoms with Gasteiger partial charge >= 0.3 is 11.8 Å². The molecule has 0 bridgehead atoms. The summed E-state index contributed by atoms with van der Waals surface area (Å²) in [5.41, 5.74) is 4.71. The molecule has 2 aliphatic heterocycles. The van der Waals surface area contributed by atoms with Crippen molar-refractivity contribution in [3.05, 3.63) is 59.9 Å². The fraction of sp³-hybridized carbons (Fsp3) is 0.480. The molecule has 1 aromatic carbocycles. The molecule has 8 nitrogen and oxygen atoms in total. The normalized spacial score (nSPS) is 24.7. The highest BCUT2D eigenvalue weighted by Gasteiger charge is 2.44. The van der Waals surface area contributed by atoms with E-state index in [4.69, 9.17) is 9.47 Å². The maximum Gasteiger partial charge on any atom is 0.327 e. The van der Waals surface area contributed by atoms with Crippen LogP contribution in [0, 0.1) is 5.92 Å². The Hall–Kier alpha value is -3.13. The fourth-order valence-corrected chi connectivity index (χ4v) is 4.59. The number of likely N-dealkylation sites (tertiary alicyclic amines) is 1. The number of carbonyl (C=O) groups is 3. The molecule has 8 heteroatoms. The van der Waals surface area contributed by atoms with Crippen LogP contribution in [0.1, 0.15) is 37.7 Å². The second kappa shape index (κ2) is 10.7. The van der Waals surface area contributed by atoms with E-state index in [0.717, 1.165) is 37.0 Å². The Balaban J connectivity index is 1.29. The maximum atomic E-state index is 13.0. The van der Waals surface area contributed by atoms with Gasteiger partial charge in [-0.1, -0.05) is 36.4 Å². The molecule has 33 heavy (non-hydrogen) atoms. The van der Waals surface area contributed by atoms with E-state index in [9.17, 15) is 14.4 Å². The molecule has 1 aromatic rings. The Morgan fingerprint density at radius 1 is 1.15 bits per heavy atom. The highest BCUT2D eigenvalue weighted by molar-refractivity contribution is 6.35. The van der Waals surface area contributed by atoms with Crippen LogP contribution in [0.15, 0.2) is 54.3 Å². The topological polar surface area (TPSA) is 97.0 Å². The van der Waals surface area contributed by atoms with Crippen molar-refractivity contribution in [2.45, 2.75) is 37.5 Å². The number of rotatable bonds is 5. The van der Waals surface area contributed by atoms with Gasteiger partial charge < -0.3 is 14.4 Å². The second-order valence-electron chi connectivity index (χ2n) is 8.82. The summed E-state index contributed by atoms with van der Waals surface area (Å²) >= 11 is 0. The number of benzene rings is 1. The number of carbonyl (C=O) groups excluding carboxylic acids is 3. The van der Waals surface area contributed by atoms with Crippen LogP contribution in [0.4, 0.5) is 0 Å². The third-order valence-electron chi connectivity index (χ3n) is 6.52. The summed E-state index contributed by atoms with van der Waals surface area (Å²) in [4.78, 5) is 39.8. The number of piperidine rings is 1. The van der Waals surface area contributed by atoms with E-state index in [1.165, 1.54) is 4.90 Å². The van der Waals surface area contributed by atoms with Crippen LogP contribution in [0.5, 0.6) is 0 Å². The van der Waals surface area contributed by atoms with Crippen molar-refractivity contribution < 1.29 is 23.9 Å². The average Bonchev–Trinajstić information content (AvgIpc) is 3.38. The first-order chi connectivity index (χ1) is 16.1. The molecule has 4 rings (SSSR count). The first-order valence-electron chi connectivity index (χ1n) is 11.6. The Morgan fingerprint density at radius 3 is 2.73 bits per heavy atom. The molecule has 2 fully saturated rings. The number of hydrogen-bond donors (Lipinski definition) is 2. The first kappa shape index (κ1) is 23.0. The lowest BCUT2D eigenvalue weighted by molar-refractivity contribution is -0.148. The minimum absolute atomic E-state index is 0.165. The van der Waals surface area contributed by atoms with E-state index < -0.39 is 17.2 Å². The monoisotopic (exact) mass is 453 g/mol. The predicted octanol–water partition coefficient (Wildman–Crippen LogP) is 1.98. The molecular weight excluding hydrogens is 422 g/mol. The highest BCUT2D eigenvalue weighted by atomic mass is 16.5. The Morgan fingerprint density at radius 2 is 2.00 bits per heavy atom. The molecule has 1 aliphatic carbocycles. The number of amides is 3. The van der Waals surface area contributed by atoms with E-state index in [-0.39, 0.29) is 18.4 Å². The van der Waals surface area contributed by atoms with Crippen LogP contribution in [-0.4, -0.2) is 55.5 Å². The van der Waals surface area contributed by atoms with Crippen molar-refractivity contribution in [2.24, 2.45) is 5.92 Å². The lowest BCUT2D eigenvalue weighted by atomic mass is 9.79. The summed E-state index contributed by atoms with van der Waals surface area (Å²) in [7, 11) is 0. The van der Waals surface area contributed by atoms with E-state index in [2.05, 4.69) is 23.0 Å². The molecule has 0 radical (unpaired) electrons. The third-order valence-corrected chi connectivity index (χ3v) is 6.52. The van der Waals surface area contributed by atoms with Gasteiger partial charge in [-0.05, 0) is 49.8 Å². The molecule has 3 amide bonds. The van der Waals surface area contributed by atoms with E-state index in [1.54, 1.807) is 0 Å². The van der Waals surface area contributed by atoms with Crippen molar-refractivity contribution in [1.29, 1.82) is 0 Å². The van der Waals surface area contributed by atoms with Gasteiger partial charge in [-0.25, -0.2) is 0 Å². The zero-order valence-electron chi connectivity index (χ0n) is 18.8. The van der Waals surface area contributed by atoms with E-state index >= 15 is 0 Å². The van der Waals surface area contributed by atoms with Crippen molar-refractivity contribution in [1.82, 2.24) is 15.8 Å². The SMILES string of the molecule is O=C(NNC(=O)C1(c2ccccc2)CCOC1)C(=O)N1CCCC(COC2=CCCC=C2)C1. The summed E-state index contributed by atoms with van der Waals surface area (Å²) in [6.07, 6.45) is 10.4. The number of allylic oxidation sites excluding steroid dienone is 3. The van der Waals surface area contributed by atoms with Crippen molar-refractivity contribution in [3.8, 4) is 0 Å². The molecule has 0 aromatic heterocycles. The van der Waals surface area contributed by atoms with Gasteiger partial charge in [0.1, 0.15) is 11.2 Å². The van der Waals surface area contributed by atoms with Crippen LogP contribution in [0.2, 0.25) is 0 Å². The van der Waals surface area contributed by atoms with Crippen LogP contribution in [-0.2, 0) is 29.3 Å². The minimum atomic E-state index is -0.882. The van der Waals surface area contributed by atoms with Gasteiger partial charge in [-0.2, -0.15) is 0 Å². The number of nitrogens with zero attached hydrogens (tertiary/aromatic N) is 1. The molecule has 2 heterocycles. The molecule has 3 aliphatic rings. The average molecular weight is 454 g/mol. The van der Waals surface area contributed by atoms with Gasteiger partial charge in [-0.3, -0.25) is 25.2 Å². The molecule has 2 unspecified atom stereocenters. The van der Waals surface area contributed by atoms with Crippen molar-refractivity contribution >= 4 is 17.7 Å². The van der Waals surface area contributed by atoms with Gasteiger partial charge in [0.25, 0.3) is 5.91 Å². The lowest BCUT2D eigenvalue weighted by Crippen LogP contribution is -2.56. The molecule has 0 spiro atoms. The van der Waals surface area contributed by atoms with Gasteiger partial charge in [0.05, 0.1) is 13.2 Å². The van der Waals surface area contributed by atoms with E-state index in [0.29, 0.717) is 32.7 Å². The zero-order valence-corrected chi connectivity index (χ0v) is 18.8. The van der Waals surface area contributed by atoms with Crippen LogP contribution in [0.25, 0.3) is 0 Å². The number of hydrazine groups is 1. The van der Waals surface area contributed by atoms with Crippen LogP contribution >= 0.6 is 0 Å². The molecule has 176 valence electrons. The van der Waals surface area contributed by atoms with Gasteiger partial charge in [0, 0.05) is 25.6 Å². The van der Waals surface area contributed by atoms with Crippen molar-refractivity contribution in [2.75, 3.05) is 32.9 Å². The summed E-state index contributed by atoms with van der Waals surface area (Å²) in [5.74, 6) is -0.837. The van der Waals surface area contributed by atoms with Crippen molar-refractivity contribution in [3.63, 3.8) is 0 Å². The minimum Gasteiger partial charge on any atom is -0.494 e.